The van der Waals surface area contributed by atoms with Crippen LogP contribution in [0.1, 0.15) is 0 Å². The fraction of sp³-hybridized carbons (Fsp3) is 0.250. The summed E-state index contributed by atoms with van der Waals surface area (Å²) in [5.41, 5.74) is 0. The molecule has 0 spiro atoms. The van der Waals surface area contributed by atoms with Gasteiger partial charge in [0.15, 0.2) is 0 Å². The van der Waals surface area contributed by atoms with Crippen LogP contribution in [0.3, 0.4) is 0 Å². The molecule has 2 nitrogen and oxygen atoms in total. The van der Waals surface area contributed by atoms with Crippen LogP contribution in [0.2, 0.25) is 0 Å². The summed E-state index contributed by atoms with van der Waals surface area (Å²) in [6.45, 7) is 0. The smallest absolute Gasteiger partial charge is 0.394 e. The first-order valence-corrected chi connectivity index (χ1v) is 3.02. The predicted molar refractivity (Wildman–Crippen MR) is 28.8 cm³/mol. The van der Waals surface area contributed by atoms with Crippen molar-refractivity contribution in [3.8, 4) is 5.06 Å². The first-order chi connectivity index (χ1) is 4.58. The maximum absolute atomic E-state index is 11.4. The van der Waals surface area contributed by atoms with E-state index in [2.05, 4.69) is 9.11 Å². The summed E-state index contributed by atoms with van der Waals surface area (Å²) in [7, 11) is 0. The van der Waals surface area contributed by atoms with Crippen molar-refractivity contribution in [2.45, 2.75) is 6.36 Å². The number of hydrogen-bond acceptors (Lipinski definition) is 3. The zero-order chi connectivity index (χ0) is 7.61. The molecule has 0 fully saturated rings. The van der Waals surface area contributed by atoms with Crippen molar-refractivity contribution >= 4 is 11.5 Å². The van der Waals surface area contributed by atoms with E-state index < -0.39 is 6.36 Å². The molecule has 1 aromatic heterocycles. The summed E-state index contributed by atoms with van der Waals surface area (Å²) in [5, 5.41) is -0.243. The number of rotatable bonds is 1. The van der Waals surface area contributed by atoms with Crippen LogP contribution < -0.4 is 4.74 Å². The van der Waals surface area contributed by atoms with Crippen molar-refractivity contribution in [1.82, 2.24) is 4.37 Å². The lowest BCUT2D eigenvalue weighted by atomic mass is 10.7. The lowest BCUT2D eigenvalue weighted by Gasteiger charge is -2.03. The van der Waals surface area contributed by atoms with Gasteiger partial charge in [0.25, 0.3) is 0 Å². The highest BCUT2D eigenvalue weighted by Crippen LogP contribution is 2.24. The largest absolute Gasteiger partial charge is 0.573 e. The maximum Gasteiger partial charge on any atom is 0.573 e. The third-order valence-corrected chi connectivity index (χ3v) is 1.26. The van der Waals surface area contributed by atoms with Gasteiger partial charge in [0.05, 0.1) is 0 Å². The van der Waals surface area contributed by atoms with Crippen molar-refractivity contribution < 1.29 is 17.9 Å². The lowest BCUT2D eigenvalue weighted by molar-refractivity contribution is -0.273. The Bertz CT molecular complexity index is 195. The van der Waals surface area contributed by atoms with Gasteiger partial charge >= 0.3 is 6.36 Å². The van der Waals surface area contributed by atoms with Gasteiger partial charge < -0.3 is 4.74 Å². The molecular weight excluding hydrogens is 167 g/mol. The first kappa shape index (κ1) is 7.33. The molecule has 0 aliphatic heterocycles. The molecule has 1 heterocycles. The zero-order valence-corrected chi connectivity index (χ0v) is 5.37. The number of aromatic nitrogens is 1. The molecule has 0 amide bonds. The van der Waals surface area contributed by atoms with E-state index in [9.17, 15) is 13.2 Å². The summed E-state index contributed by atoms with van der Waals surface area (Å²) < 4.78 is 41.0. The number of alkyl halides is 3. The van der Waals surface area contributed by atoms with Crippen LogP contribution in [0.4, 0.5) is 13.2 Å². The normalized spacial score (nSPS) is 11.5. The van der Waals surface area contributed by atoms with Crippen molar-refractivity contribution in [2.24, 2.45) is 0 Å². The van der Waals surface area contributed by atoms with E-state index in [-0.39, 0.29) is 5.06 Å². The minimum Gasteiger partial charge on any atom is -0.394 e. The van der Waals surface area contributed by atoms with Gasteiger partial charge in [-0.1, -0.05) is 0 Å². The molecule has 0 saturated heterocycles. The molecule has 1 rings (SSSR count). The zero-order valence-electron chi connectivity index (χ0n) is 4.55. The highest BCUT2D eigenvalue weighted by molar-refractivity contribution is 7.07. The molecule has 10 heavy (non-hydrogen) atoms. The van der Waals surface area contributed by atoms with Crippen molar-refractivity contribution in [3.63, 3.8) is 0 Å². The van der Waals surface area contributed by atoms with E-state index in [0.29, 0.717) is 11.5 Å². The molecule has 0 unspecified atom stereocenters. The number of halogens is 3. The molecule has 0 aromatic carbocycles. The third kappa shape index (κ3) is 2.22. The van der Waals surface area contributed by atoms with E-state index in [1.54, 1.807) is 0 Å². The Morgan fingerprint density at radius 3 is 2.60 bits per heavy atom. The highest BCUT2D eigenvalue weighted by atomic mass is 32.1. The molecular formula is C4H2F3NOS. The predicted octanol–water partition coefficient (Wildman–Crippen LogP) is 2.04. The average molecular weight is 169 g/mol. The van der Waals surface area contributed by atoms with Gasteiger partial charge in [0.2, 0.25) is 5.06 Å². The van der Waals surface area contributed by atoms with Crippen molar-refractivity contribution in [2.75, 3.05) is 0 Å². The first-order valence-electron chi connectivity index (χ1n) is 2.24. The number of nitrogens with zero attached hydrogens (tertiary/aromatic N) is 1. The Hall–Kier alpha value is -0.780. The third-order valence-electron chi connectivity index (χ3n) is 0.630. The summed E-state index contributed by atoms with van der Waals surface area (Å²) in [4.78, 5) is 0. The monoisotopic (exact) mass is 169 g/mol. The average Bonchev–Trinajstić information content (AvgIpc) is 2.12. The molecule has 0 N–H and O–H groups in total. The number of hydrogen-bond donors (Lipinski definition) is 0. The van der Waals surface area contributed by atoms with Crippen LogP contribution in [0, 0.1) is 0 Å². The summed E-state index contributed by atoms with van der Waals surface area (Å²) >= 11 is 0.658. The van der Waals surface area contributed by atoms with Gasteiger partial charge in [-0.25, -0.2) is 0 Å². The second-order valence-corrected chi connectivity index (χ2v) is 2.18. The van der Waals surface area contributed by atoms with Crippen LogP contribution in [0.15, 0.2) is 12.3 Å². The molecule has 0 aliphatic rings. The molecule has 6 heteroatoms. The quantitative estimate of drug-likeness (QED) is 0.641. The summed E-state index contributed by atoms with van der Waals surface area (Å²) in [6, 6.07) is 1.15. The lowest BCUT2D eigenvalue weighted by Crippen LogP contribution is -2.16. The van der Waals surface area contributed by atoms with Gasteiger partial charge in [0, 0.05) is 23.8 Å². The Morgan fingerprint density at radius 2 is 2.20 bits per heavy atom. The summed E-state index contributed by atoms with van der Waals surface area (Å²) in [5.74, 6) is 0. The van der Waals surface area contributed by atoms with E-state index in [4.69, 9.17) is 0 Å². The summed E-state index contributed by atoms with van der Waals surface area (Å²) in [6.07, 6.45) is -3.36. The Morgan fingerprint density at radius 1 is 1.50 bits per heavy atom. The van der Waals surface area contributed by atoms with E-state index in [1.807, 2.05) is 0 Å². The van der Waals surface area contributed by atoms with Crippen molar-refractivity contribution in [1.29, 1.82) is 0 Å². The molecule has 0 atom stereocenters. The Kier molecular flexibility index (Phi) is 1.80. The van der Waals surface area contributed by atoms with Crippen LogP contribution in [0.25, 0.3) is 0 Å². The fourth-order valence-electron chi connectivity index (χ4n) is 0.371. The standard InChI is InChI=1S/C4H2F3NOS/c5-4(6,7)9-3-1-2-8-10-3/h1-2H. The molecule has 0 bridgehead atoms. The van der Waals surface area contributed by atoms with Crippen LogP contribution in [-0.4, -0.2) is 10.7 Å². The molecule has 0 saturated carbocycles. The topological polar surface area (TPSA) is 22.1 Å². The van der Waals surface area contributed by atoms with Gasteiger partial charge in [-0.3, -0.25) is 0 Å². The Balaban J connectivity index is 2.57. The second-order valence-electron chi connectivity index (χ2n) is 1.38. The van der Waals surface area contributed by atoms with Crippen LogP contribution in [0.5, 0.6) is 5.06 Å². The van der Waals surface area contributed by atoms with Gasteiger partial charge in [-0.2, -0.15) is 4.37 Å². The minimum atomic E-state index is -4.60. The number of ether oxygens (including phenoxy) is 1. The molecule has 0 aliphatic carbocycles. The highest BCUT2D eigenvalue weighted by Gasteiger charge is 2.31. The Labute approximate surface area is 58.4 Å². The van der Waals surface area contributed by atoms with Gasteiger partial charge in [-0.15, -0.1) is 13.2 Å². The van der Waals surface area contributed by atoms with Crippen LogP contribution >= 0.6 is 11.5 Å². The molecule has 1 aromatic rings. The van der Waals surface area contributed by atoms with Gasteiger partial charge in [-0.05, 0) is 0 Å². The van der Waals surface area contributed by atoms with E-state index >= 15 is 0 Å². The van der Waals surface area contributed by atoms with E-state index in [1.165, 1.54) is 6.20 Å². The van der Waals surface area contributed by atoms with Crippen molar-refractivity contribution in [3.05, 3.63) is 12.3 Å². The SMILES string of the molecule is FC(F)(F)Oc1ccns1. The molecule has 0 radical (unpaired) electrons. The second kappa shape index (κ2) is 2.45. The maximum atomic E-state index is 11.4. The minimum absolute atomic E-state index is 0.243. The fourth-order valence-corrected chi connectivity index (χ4v) is 0.850. The van der Waals surface area contributed by atoms with Gasteiger partial charge in [0.1, 0.15) is 0 Å². The van der Waals surface area contributed by atoms with Crippen LogP contribution in [-0.2, 0) is 0 Å². The molecule has 56 valence electrons. The van der Waals surface area contributed by atoms with E-state index in [0.717, 1.165) is 6.07 Å².